The summed E-state index contributed by atoms with van der Waals surface area (Å²) in [6.07, 6.45) is 18.1. The van der Waals surface area contributed by atoms with Crippen LogP contribution >= 0.6 is 0 Å². The van der Waals surface area contributed by atoms with Gasteiger partial charge in [0.1, 0.15) is 0 Å². The van der Waals surface area contributed by atoms with Crippen LogP contribution in [0.4, 0.5) is 0 Å². The molecule has 2 heteroatoms. The Hall–Kier alpha value is -0.0800. The van der Waals surface area contributed by atoms with Gasteiger partial charge in [-0.2, -0.15) is 0 Å². The predicted octanol–water partition coefficient (Wildman–Crippen LogP) is 4.47. The molecule has 2 fully saturated rings. The summed E-state index contributed by atoms with van der Waals surface area (Å²) in [4.78, 5) is 2.76. The predicted molar refractivity (Wildman–Crippen MR) is 88.0 cm³/mol. The zero-order valence-corrected chi connectivity index (χ0v) is 13.7. The minimum atomic E-state index is 0.412. The number of nitrogens with zero attached hydrogens (tertiary/aromatic N) is 1. The van der Waals surface area contributed by atoms with Crippen molar-refractivity contribution in [3.63, 3.8) is 0 Å². The number of rotatable bonds is 1. The van der Waals surface area contributed by atoms with Gasteiger partial charge in [-0.25, -0.2) is 0 Å². The summed E-state index contributed by atoms with van der Waals surface area (Å²) in [5.41, 5.74) is 6.61. The van der Waals surface area contributed by atoms with E-state index in [2.05, 4.69) is 11.8 Å². The van der Waals surface area contributed by atoms with Crippen molar-refractivity contribution in [1.82, 2.24) is 4.90 Å². The zero-order chi connectivity index (χ0) is 14.2. The molecule has 0 radical (unpaired) electrons. The normalized spacial score (nSPS) is 36.0. The van der Waals surface area contributed by atoms with Crippen LogP contribution in [0, 0.1) is 0 Å². The minimum Gasteiger partial charge on any atom is -0.326 e. The van der Waals surface area contributed by atoms with Crippen molar-refractivity contribution < 1.29 is 0 Å². The van der Waals surface area contributed by atoms with Crippen LogP contribution < -0.4 is 5.73 Å². The van der Waals surface area contributed by atoms with Gasteiger partial charge in [-0.3, -0.25) is 4.90 Å². The van der Waals surface area contributed by atoms with E-state index in [4.69, 9.17) is 5.73 Å². The van der Waals surface area contributed by atoms with Crippen molar-refractivity contribution in [3.05, 3.63) is 0 Å². The van der Waals surface area contributed by atoms with Crippen LogP contribution in [-0.2, 0) is 0 Å². The zero-order valence-electron chi connectivity index (χ0n) is 13.7. The van der Waals surface area contributed by atoms with Crippen molar-refractivity contribution in [3.8, 4) is 0 Å². The van der Waals surface area contributed by atoms with E-state index in [0.29, 0.717) is 12.1 Å². The van der Waals surface area contributed by atoms with E-state index in [1.165, 1.54) is 90.0 Å². The van der Waals surface area contributed by atoms with Gasteiger partial charge < -0.3 is 5.73 Å². The Morgan fingerprint density at radius 3 is 1.90 bits per heavy atom. The lowest BCUT2D eigenvalue weighted by Gasteiger charge is -2.42. The average molecular weight is 280 g/mol. The summed E-state index contributed by atoms with van der Waals surface area (Å²) in [5, 5.41) is 0. The van der Waals surface area contributed by atoms with Crippen LogP contribution in [0.3, 0.4) is 0 Å². The molecule has 1 heterocycles. The van der Waals surface area contributed by atoms with Crippen molar-refractivity contribution in [2.45, 2.75) is 109 Å². The molecular weight excluding hydrogens is 244 g/mol. The Labute approximate surface area is 126 Å². The third kappa shape index (κ3) is 5.04. The van der Waals surface area contributed by atoms with Crippen LogP contribution in [0.15, 0.2) is 0 Å². The smallest absolute Gasteiger partial charge is 0.0250 e. The molecule has 3 unspecified atom stereocenters. The van der Waals surface area contributed by atoms with Crippen LogP contribution in [-0.4, -0.2) is 29.6 Å². The molecule has 1 aliphatic heterocycles. The van der Waals surface area contributed by atoms with Crippen LogP contribution in [0.2, 0.25) is 0 Å². The molecule has 0 aromatic heterocycles. The molecule has 0 aromatic carbocycles. The number of hydrogen-bond donors (Lipinski definition) is 1. The minimum absolute atomic E-state index is 0.412. The second kappa shape index (κ2) is 9.04. The fraction of sp³-hybridized carbons (Fsp3) is 1.00. The Morgan fingerprint density at radius 2 is 1.25 bits per heavy atom. The highest BCUT2D eigenvalue weighted by Crippen LogP contribution is 2.26. The number of nitrogens with two attached hydrogens (primary N) is 1. The highest BCUT2D eigenvalue weighted by atomic mass is 15.2. The second-order valence-corrected chi connectivity index (χ2v) is 7.22. The molecule has 0 spiro atoms. The third-order valence-corrected chi connectivity index (χ3v) is 5.56. The molecule has 0 bridgehead atoms. The quantitative estimate of drug-likeness (QED) is 0.768. The van der Waals surface area contributed by atoms with Crippen LogP contribution in [0.5, 0.6) is 0 Å². The maximum absolute atomic E-state index is 6.61. The summed E-state index contributed by atoms with van der Waals surface area (Å²) < 4.78 is 0. The van der Waals surface area contributed by atoms with Gasteiger partial charge in [-0.15, -0.1) is 0 Å². The van der Waals surface area contributed by atoms with Gasteiger partial charge in [0, 0.05) is 18.1 Å². The lowest BCUT2D eigenvalue weighted by Crippen LogP contribution is -2.53. The standard InChI is InChI=1S/C18H36N2/c1-16-12-10-11-15-20(16)18-14-9-7-5-3-2-4-6-8-13-17(18)19/h16-18H,2-15,19H2,1H3. The molecule has 1 saturated carbocycles. The lowest BCUT2D eigenvalue weighted by molar-refractivity contribution is 0.0794. The van der Waals surface area contributed by atoms with Crippen LogP contribution in [0.25, 0.3) is 0 Å². The maximum Gasteiger partial charge on any atom is 0.0250 e. The van der Waals surface area contributed by atoms with Gasteiger partial charge in [0.05, 0.1) is 0 Å². The first-order chi connectivity index (χ1) is 9.79. The summed E-state index contributed by atoms with van der Waals surface area (Å²) in [6, 6.07) is 1.83. The van der Waals surface area contributed by atoms with E-state index >= 15 is 0 Å². The SMILES string of the molecule is CC1CCCCN1C1CCCCCCCCCCC1N. The van der Waals surface area contributed by atoms with E-state index in [1.807, 2.05) is 0 Å². The molecule has 0 amide bonds. The number of likely N-dealkylation sites (tertiary alicyclic amines) is 1. The van der Waals surface area contributed by atoms with Gasteiger partial charge >= 0.3 is 0 Å². The van der Waals surface area contributed by atoms with Crippen LogP contribution in [0.1, 0.15) is 90.4 Å². The Bertz CT molecular complexity index is 254. The molecule has 0 aromatic rings. The van der Waals surface area contributed by atoms with E-state index in [-0.39, 0.29) is 0 Å². The summed E-state index contributed by atoms with van der Waals surface area (Å²) in [7, 11) is 0. The van der Waals surface area contributed by atoms with E-state index in [0.717, 1.165) is 6.04 Å². The van der Waals surface area contributed by atoms with E-state index in [9.17, 15) is 0 Å². The molecule has 1 aliphatic carbocycles. The monoisotopic (exact) mass is 280 g/mol. The third-order valence-electron chi connectivity index (χ3n) is 5.56. The first-order valence-corrected chi connectivity index (χ1v) is 9.30. The Morgan fingerprint density at radius 1 is 0.700 bits per heavy atom. The highest BCUT2D eigenvalue weighted by molar-refractivity contribution is 4.87. The van der Waals surface area contributed by atoms with Crippen molar-refractivity contribution in [2.75, 3.05) is 6.54 Å². The number of piperidine rings is 1. The fourth-order valence-corrected chi connectivity index (χ4v) is 4.23. The molecule has 20 heavy (non-hydrogen) atoms. The average Bonchev–Trinajstić information content (AvgIpc) is 2.44. The lowest BCUT2D eigenvalue weighted by atomic mass is 9.90. The Kier molecular flexibility index (Phi) is 7.37. The second-order valence-electron chi connectivity index (χ2n) is 7.22. The Balaban J connectivity index is 1.92. The fourth-order valence-electron chi connectivity index (χ4n) is 4.23. The number of hydrogen-bond acceptors (Lipinski definition) is 2. The molecule has 2 N–H and O–H groups in total. The molecule has 3 atom stereocenters. The van der Waals surface area contributed by atoms with Crippen molar-refractivity contribution in [1.29, 1.82) is 0 Å². The van der Waals surface area contributed by atoms with E-state index in [1.54, 1.807) is 0 Å². The molecule has 2 nitrogen and oxygen atoms in total. The summed E-state index contributed by atoms with van der Waals surface area (Å²) in [5.74, 6) is 0. The first kappa shape index (κ1) is 16.3. The van der Waals surface area contributed by atoms with E-state index < -0.39 is 0 Å². The molecule has 1 saturated heterocycles. The summed E-state index contributed by atoms with van der Waals surface area (Å²) >= 11 is 0. The van der Waals surface area contributed by atoms with Crippen molar-refractivity contribution >= 4 is 0 Å². The molecule has 2 rings (SSSR count). The van der Waals surface area contributed by atoms with Gasteiger partial charge in [-0.1, -0.05) is 57.8 Å². The first-order valence-electron chi connectivity index (χ1n) is 9.30. The molecule has 118 valence electrons. The molecular formula is C18H36N2. The molecule has 2 aliphatic rings. The topological polar surface area (TPSA) is 29.3 Å². The van der Waals surface area contributed by atoms with Gasteiger partial charge in [-0.05, 0) is 39.2 Å². The summed E-state index contributed by atoms with van der Waals surface area (Å²) in [6.45, 7) is 3.71. The largest absolute Gasteiger partial charge is 0.326 e. The maximum atomic E-state index is 6.61. The van der Waals surface area contributed by atoms with Gasteiger partial charge in [0.2, 0.25) is 0 Å². The van der Waals surface area contributed by atoms with Gasteiger partial charge in [0.25, 0.3) is 0 Å². The van der Waals surface area contributed by atoms with Crippen molar-refractivity contribution in [2.24, 2.45) is 5.73 Å². The van der Waals surface area contributed by atoms with Gasteiger partial charge in [0.15, 0.2) is 0 Å². The highest BCUT2D eigenvalue weighted by Gasteiger charge is 2.29.